The number of alkyl halides is 6. The van der Waals surface area contributed by atoms with Crippen molar-refractivity contribution in [1.82, 2.24) is 0 Å². The molecule has 9 nitrogen and oxygen atoms in total. The van der Waals surface area contributed by atoms with E-state index in [1.54, 1.807) is 32.0 Å². The van der Waals surface area contributed by atoms with Crippen molar-refractivity contribution in [1.29, 1.82) is 0 Å². The number of hydrogen-bond acceptors (Lipinski definition) is 9. The van der Waals surface area contributed by atoms with Gasteiger partial charge < -0.3 is 34.3 Å². The van der Waals surface area contributed by atoms with Crippen molar-refractivity contribution in [2.45, 2.75) is 77.9 Å². The van der Waals surface area contributed by atoms with Gasteiger partial charge in [0.25, 0.3) is 0 Å². The van der Waals surface area contributed by atoms with Gasteiger partial charge in [0, 0.05) is 35.6 Å². The Hall–Kier alpha value is -7.52. The highest BCUT2D eigenvalue weighted by Gasteiger charge is 2.34. The lowest BCUT2D eigenvalue weighted by molar-refractivity contribution is -0.138. The van der Waals surface area contributed by atoms with Gasteiger partial charge in [-0.1, -0.05) is 60.7 Å². The first-order valence-corrected chi connectivity index (χ1v) is 25.0. The standard InChI is InChI=1S/C32H32F3NO4.C28H26F3NO3/c1-2-39-31(37)24-17-23(18-26(19-24)36-13-15-38-16-14-36)27-9-6-10-28(27)29-20-25(32(33,34)35)11-12-30(29)40-21-22-7-4-3-5-8-22;1-2-34-27(33)20-13-19(14-22(32)15-20)23-9-6-10-24(23)25-16-21(28(29,30)31)11-12-26(25)35-17-18-7-4-3-5-8-18/h3-5,7-8,11-12,17-20H,2,6,9-10,13-16,21H2,1H3;3-5,7-8,11-16H,2,6,9-10,17,32H2,1H3. The number of carbonyl (C=O) groups is 2. The molecule has 0 amide bonds. The van der Waals surface area contributed by atoms with Gasteiger partial charge in [-0.2, -0.15) is 26.3 Å². The zero-order valence-electron chi connectivity index (χ0n) is 41.8. The lowest BCUT2D eigenvalue weighted by atomic mass is 9.93. The molecule has 0 atom stereocenters. The van der Waals surface area contributed by atoms with Crippen molar-refractivity contribution in [2.24, 2.45) is 0 Å². The van der Waals surface area contributed by atoms with Crippen LogP contribution in [0.25, 0.3) is 22.3 Å². The first kappa shape index (κ1) is 53.8. The molecule has 2 aliphatic carbocycles. The molecule has 0 radical (unpaired) electrons. The highest BCUT2D eigenvalue weighted by molar-refractivity contribution is 5.99. The summed E-state index contributed by atoms with van der Waals surface area (Å²) in [7, 11) is 0. The smallest absolute Gasteiger partial charge is 0.416 e. The fourth-order valence-corrected chi connectivity index (χ4v) is 9.61. The van der Waals surface area contributed by atoms with Crippen LogP contribution in [0.5, 0.6) is 11.5 Å². The maximum absolute atomic E-state index is 13.8. The SMILES string of the molecule is CCOC(=O)c1cc(C2=C(c3cc(C(F)(F)F)ccc3OCc3ccccc3)CCC2)cc(N2CCOCC2)c1.CCOC(=O)c1cc(N)cc(C2=C(c3cc(C(F)(F)F)ccc3OCc3ccccc3)CCC2)c1. The molecule has 0 bridgehead atoms. The maximum Gasteiger partial charge on any atom is 0.416 e. The third-order valence-corrected chi connectivity index (χ3v) is 13.1. The maximum atomic E-state index is 13.8. The van der Waals surface area contributed by atoms with Gasteiger partial charge in [-0.25, -0.2) is 9.59 Å². The summed E-state index contributed by atoms with van der Waals surface area (Å²) in [6, 6.07) is 36.8. The van der Waals surface area contributed by atoms with E-state index in [1.165, 1.54) is 24.3 Å². The third-order valence-electron chi connectivity index (χ3n) is 13.1. The van der Waals surface area contributed by atoms with Crippen LogP contribution in [0, 0.1) is 0 Å². The number of morpholine rings is 1. The van der Waals surface area contributed by atoms with Gasteiger partial charge >= 0.3 is 24.3 Å². The molecule has 1 saturated heterocycles. The Morgan fingerprint density at radius 2 is 0.987 bits per heavy atom. The zero-order chi connectivity index (χ0) is 53.1. The molecule has 0 unspecified atom stereocenters. The largest absolute Gasteiger partial charge is 0.488 e. The molecule has 392 valence electrons. The Morgan fingerprint density at radius 3 is 1.44 bits per heavy atom. The molecule has 1 fully saturated rings. The summed E-state index contributed by atoms with van der Waals surface area (Å²) < 4.78 is 110. The number of hydrogen-bond donors (Lipinski definition) is 1. The summed E-state index contributed by atoms with van der Waals surface area (Å²) in [4.78, 5) is 27.3. The molecule has 6 aromatic rings. The minimum Gasteiger partial charge on any atom is -0.488 e. The highest BCUT2D eigenvalue weighted by atomic mass is 19.4. The van der Waals surface area contributed by atoms with Crippen LogP contribution < -0.4 is 20.1 Å². The van der Waals surface area contributed by atoms with Crippen LogP contribution in [0.1, 0.15) is 118 Å². The first-order valence-electron chi connectivity index (χ1n) is 25.0. The number of rotatable bonds is 15. The zero-order valence-corrected chi connectivity index (χ0v) is 41.8. The quantitative estimate of drug-likeness (QED) is 0.0611. The van der Waals surface area contributed by atoms with Crippen LogP contribution in [0.15, 0.2) is 133 Å². The minimum absolute atomic E-state index is 0.225. The van der Waals surface area contributed by atoms with E-state index >= 15 is 0 Å². The van der Waals surface area contributed by atoms with Crippen molar-refractivity contribution in [3.05, 3.63) is 189 Å². The van der Waals surface area contributed by atoms with Crippen molar-refractivity contribution in [2.75, 3.05) is 50.2 Å². The summed E-state index contributed by atoms with van der Waals surface area (Å²) in [5.41, 5.74) is 14.1. The number of allylic oxidation sites excluding steroid dienone is 4. The predicted octanol–water partition coefficient (Wildman–Crippen LogP) is 14.5. The van der Waals surface area contributed by atoms with Crippen LogP contribution in [-0.2, 0) is 39.8 Å². The second kappa shape index (κ2) is 24.2. The topological polar surface area (TPSA) is 110 Å². The molecule has 9 rings (SSSR count). The summed E-state index contributed by atoms with van der Waals surface area (Å²) in [6.07, 6.45) is -4.90. The van der Waals surface area contributed by atoms with Gasteiger partial charge in [-0.3, -0.25) is 0 Å². The van der Waals surface area contributed by atoms with Gasteiger partial charge in [-0.15, -0.1) is 0 Å². The Kier molecular flexibility index (Phi) is 17.4. The number of esters is 2. The minimum atomic E-state index is -4.49. The van der Waals surface area contributed by atoms with Crippen LogP contribution in [-0.4, -0.2) is 51.5 Å². The average molecular weight is 1030 g/mol. The van der Waals surface area contributed by atoms with E-state index in [2.05, 4.69) is 4.90 Å². The summed E-state index contributed by atoms with van der Waals surface area (Å²) in [6.45, 7) is 6.94. The Labute approximate surface area is 432 Å². The van der Waals surface area contributed by atoms with E-state index in [1.807, 2.05) is 72.8 Å². The van der Waals surface area contributed by atoms with E-state index in [-0.39, 0.29) is 26.4 Å². The van der Waals surface area contributed by atoms with E-state index in [0.29, 0.717) is 97.0 Å². The van der Waals surface area contributed by atoms with E-state index in [0.717, 1.165) is 75.7 Å². The monoisotopic (exact) mass is 1030 g/mol. The molecule has 0 saturated carbocycles. The first-order chi connectivity index (χ1) is 36.1. The summed E-state index contributed by atoms with van der Waals surface area (Å²) >= 11 is 0. The molecular weight excluding hydrogens is 975 g/mol. The highest BCUT2D eigenvalue weighted by Crippen LogP contribution is 2.47. The number of halogens is 6. The molecule has 6 aromatic carbocycles. The van der Waals surface area contributed by atoms with E-state index < -0.39 is 35.4 Å². The number of benzene rings is 6. The Morgan fingerprint density at radius 1 is 0.547 bits per heavy atom. The average Bonchev–Trinajstić information content (AvgIpc) is 4.12. The predicted molar refractivity (Wildman–Crippen MR) is 278 cm³/mol. The van der Waals surface area contributed by atoms with Gasteiger partial charge in [0.15, 0.2) is 0 Å². The van der Waals surface area contributed by atoms with Crippen LogP contribution in [0.2, 0.25) is 0 Å². The molecule has 3 aliphatic rings. The molecule has 15 heteroatoms. The second-order valence-electron chi connectivity index (χ2n) is 18.2. The van der Waals surface area contributed by atoms with Crippen LogP contribution >= 0.6 is 0 Å². The normalized spacial score (nSPS) is 14.9. The number of nitrogens with two attached hydrogens (primary N) is 1. The molecule has 0 spiro atoms. The van der Waals surface area contributed by atoms with Crippen molar-refractivity contribution in [3.8, 4) is 11.5 Å². The number of carbonyl (C=O) groups excluding carboxylic acids is 2. The molecular formula is C60H58F6N2O7. The fraction of sp³-hybridized carbons (Fsp3) is 0.300. The lowest BCUT2D eigenvalue weighted by Crippen LogP contribution is -2.36. The fourth-order valence-electron chi connectivity index (χ4n) is 9.61. The number of anilines is 2. The molecule has 0 aromatic heterocycles. The van der Waals surface area contributed by atoms with Gasteiger partial charge in [0.1, 0.15) is 24.7 Å². The molecule has 75 heavy (non-hydrogen) atoms. The van der Waals surface area contributed by atoms with Crippen LogP contribution in [0.3, 0.4) is 0 Å². The van der Waals surface area contributed by atoms with E-state index in [4.69, 9.17) is 29.4 Å². The second-order valence-corrected chi connectivity index (χ2v) is 18.2. The van der Waals surface area contributed by atoms with Crippen LogP contribution in [0.4, 0.5) is 37.7 Å². The third kappa shape index (κ3) is 13.6. The number of nitrogen functional groups attached to an aromatic ring is 1. The van der Waals surface area contributed by atoms with E-state index in [9.17, 15) is 35.9 Å². The van der Waals surface area contributed by atoms with Gasteiger partial charge in [0.05, 0.1) is 48.7 Å². The lowest BCUT2D eigenvalue weighted by Gasteiger charge is -2.29. The number of nitrogens with zero attached hydrogens (tertiary/aromatic N) is 1. The summed E-state index contributed by atoms with van der Waals surface area (Å²) in [5, 5.41) is 0. The Bertz CT molecular complexity index is 3040. The van der Waals surface area contributed by atoms with Crippen molar-refractivity contribution < 1.29 is 59.6 Å². The molecule has 1 heterocycles. The van der Waals surface area contributed by atoms with Gasteiger partial charge in [0.2, 0.25) is 0 Å². The molecule has 2 N–H and O–H groups in total. The molecule has 1 aliphatic heterocycles. The summed E-state index contributed by atoms with van der Waals surface area (Å²) in [5.74, 6) is -0.135. The van der Waals surface area contributed by atoms with Crippen molar-refractivity contribution in [3.63, 3.8) is 0 Å². The number of ether oxygens (including phenoxy) is 5. The van der Waals surface area contributed by atoms with Gasteiger partial charge in [-0.05, 0) is 170 Å². The Balaban J connectivity index is 0.000000201. The van der Waals surface area contributed by atoms with Crippen molar-refractivity contribution >= 4 is 45.6 Å².